The fourth-order valence-corrected chi connectivity index (χ4v) is 1.89. The largest absolute Gasteiger partial charge is 0.484 e. The number of ether oxygens (including phenoxy) is 1. The summed E-state index contributed by atoms with van der Waals surface area (Å²) >= 11 is 0. The second kappa shape index (κ2) is 5.73. The lowest BCUT2D eigenvalue weighted by atomic mass is 10.1. The van der Waals surface area contributed by atoms with Crippen LogP contribution in [0.3, 0.4) is 0 Å². The molecule has 0 radical (unpaired) electrons. The Balaban J connectivity index is 1.96. The maximum Gasteiger partial charge on any atom is 0.255 e. The number of carbonyl (C=O) groups is 2. The summed E-state index contributed by atoms with van der Waals surface area (Å²) in [5, 5.41) is 2.96. The van der Waals surface area contributed by atoms with E-state index >= 15 is 0 Å². The minimum Gasteiger partial charge on any atom is -0.484 e. The Kier molecular flexibility index (Phi) is 4.04. The average molecular weight is 262 g/mol. The minimum atomic E-state index is -0.544. The van der Waals surface area contributed by atoms with E-state index < -0.39 is 5.91 Å². The minimum absolute atomic E-state index is 0.121. The first-order chi connectivity index (χ1) is 9.06. The van der Waals surface area contributed by atoms with Crippen molar-refractivity contribution in [1.29, 1.82) is 0 Å². The molecule has 1 aromatic carbocycles. The first-order valence-corrected chi connectivity index (χ1v) is 6.38. The lowest BCUT2D eigenvalue weighted by molar-refractivity contribution is -0.119. The molecule has 1 unspecified atom stereocenters. The van der Waals surface area contributed by atoms with Gasteiger partial charge in [0.2, 0.25) is 0 Å². The van der Waals surface area contributed by atoms with Gasteiger partial charge >= 0.3 is 0 Å². The summed E-state index contributed by atoms with van der Waals surface area (Å²) in [6.07, 6.45) is 2.37. The second-order valence-corrected chi connectivity index (χ2v) is 4.88. The van der Waals surface area contributed by atoms with Crippen LogP contribution in [-0.2, 0) is 4.79 Å². The van der Waals surface area contributed by atoms with Crippen molar-refractivity contribution in [2.75, 3.05) is 6.61 Å². The molecule has 1 atom stereocenters. The number of rotatable bonds is 6. The zero-order valence-corrected chi connectivity index (χ0v) is 10.9. The van der Waals surface area contributed by atoms with Crippen molar-refractivity contribution in [2.45, 2.75) is 25.8 Å². The van der Waals surface area contributed by atoms with Crippen molar-refractivity contribution in [2.24, 2.45) is 11.7 Å². The normalized spacial score (nSPS) is 15.6. The SMILES string of the molecule is CC(NC(=O)c1cccc(OCC(N)=O)c1)C1CC1. The molecule has 2 amide bonds. The van der Waals surface area contributed by atoms with E-state index in [1.165, 1.54) is 12.8 Å². The molecule has 102 valence electrons. The van der Waals surface area contributed by atoms with E-state index in [-0.39, 0.29) is 18.6 Å². The second-order valence-electron chi connectivity index (χ2n) is 4.88. The van der Waals surface area contributed by atoms with Crippen molar-refractivity contribution in [3.63, 3.8) is 0 Å². The molecule has 0 aliphatic heterocycles. The molecular weight excluding hydrogens is 244 g/mol. The smallest absolute Gasteiger partial charge is 0.255 e. The number of nitrogens with two attached hydrogens (primary N) is 1. The predicted octanol–water partition coefficient (Wildman–Crippen LogP) is 1.08. The van der Waals surface area contributed by atoms with Crippen molar-refractivity contribution < 1.29 is 14.3 Å². The summed E-state index contributed by atoms with van der Waals surface area (Å²) in [6.45, 7) is 1.83. The molecule has 19 heavy (non-hydrogen) atoms. The molecule has 1 fully saturated rings. The number of carbonyl (C=O) groups excluding carboxylic acids is 2. The highest BCUT2D eigenvalue weighted by Gasteiger charge is 2.29. The Labute approximate surface area is 112 Å². The number of benzene rings is 1. The van der Waals surface area contributed by atoms with Gasteiger partial charge in [-0.3, -0.25) is 9.59 Å². The number of nitrogens with one attached hydrogen (secondary N) is 1. The molecule has 2 rings (SSSR count). The van der Waals surface area contributed by atoms with Crippen LogP contribution in [-0.4, -0.2) is 24.5 Å². The van der Waals surface area contributed by atoms with Crippen LogP contribution in [0.1, 0.15) is 30.1 Å². The van der Waals surface area contributed by atoms with E-state index in [9.17, 15) is 9.59 Å². The summed E-state index contributed by atoms with van der Waals surface area (Å²) in [5.74, 6) is 0.407. The van der Waals surface area contributed by atoms with E-state index in [0.717, 1.165) is 0 Å². The average Bonchev–Trinajstić information content (AvgIpc) is 3.21. The summed E-state index contributed by atoms with van der Waals surface area (Å²) in [5.41, 5.74) is 5.52. The van der Waals surface area contributed by atoms with Crippen LogP contribution in [0.2, 0.25) is 0 Å². The van der Waals surface area contributed by atoms with Gasteiger partial charge in [-0.05, 0) is 43.9 Å². The van der Waals surface area contributed by atoms with Gasteiger partial charge < -0.3 is 15.8 Å². The predicted molar refractivity (Wildman–Crippen MR) is 70.8 cm³/mol. The van der Waals surface area contributed by atoms with E-state index in [0.29, 0.717) is 17.2 Å². The fraction of sp³-hybridized carbons (Fsp3) is 0.429. The van der Waals surface area contributed by atoms with Crippen LogP contribution >= 0.6 is 0 Å². The molecule has 1 aliphatic carbocycles. The Bertz CT molecular complexity index is 483. The highest BCUT2D eigenvalue weighted by atomic mass is 16.5. The number of amides is 2. The van der Waals surface area contributed by atoms with Crippen molar-refractivity contribution in [3.8, 4) is 5.75 Å². The highest BCUT2D eigenvalue weighted by molar-refractivity contribution is 5.94. The van der Waals surface area contributed by atoms with Gasteiger partial charge in [-0.15, -0.1) is 0 Å². The van der Waals surface area contributed by atoms with Crippen molar-refractivity contribution >= 4 is 11.8 Å². The Morgan fingerprint density at radius 1 is 1.47 bits per heavy atom. The van der Waals surface area contributed by atoms with Gasteiger partial charge in [-0.1, -0.05) is 6.07 Å². The third-order valence-electron chi connectivity index (χ3n) is 3.17. The number of hydrogen-bond donors (Lipinski definition) is 2. The first-order valence-electron chi connectivity index (χ1n) is 6.38. The topological polar surface area (TPSA) is 81.4 Å². The number of primary amides is 1. The zero-order chi connectivity index (χ0) is 13.8. The zero-order valence-electron chi connectivity index (χ0n) is 10.9. The summed E-state index contributed by atoms with van der Waals surface area (Å²) in [7, 11) is 0. The van der Waals surface area contributed by atoms with Gasteiger partial charge in [0.1, 0.15) is 5.75 Å². The van der Waals surface area contributed by atoms with Gasteiger partial charge in [0.15, 0.2) is 6.61 Å². The molecule has 1 aliphatic rings. The molecule has 0 saturated heterocycles. The lowest BCUT2D eigenvalue weighted by Crippen LogP contribution is -2.33. The highest BCUT2D eigenvalue weighted by Crippen LogP contribution is 2.32. The Morgan fingerprint density at radius 2 is 2.21 bits per heavy atom. The molecule has 5 heteroatoms. The number of hydrogen-bond acceptors (Lipinski definition) is 3. The monoisotopic (exact) mass is 262 g/mol. The van der Waals surface area contributed by atoms with Crippen molar-refractivity contribution in [1.82, 2.24) is 5.32 Å². The van der Waals surface area contributed by atoms with Gasteiger partial charge in [0, 0.05) is 11.6 Å². The maximum absolute atomic E-state index is 12.0. The molecule has 5 nitrogen and oxygen atoms in total. The first kappa shape index (κ1) is 13.4. The van der Waals surface area contributed by atoms with E-state index in [1.807, 2.05) is 6.92 Å². The molecule has 0 aromatic heterocycles. The van der Waals surface area contributed by atoms with Crippen LogP contribution in [0.4, 0.5) is 0 Å². The molecule has 1 aromatic rings. The third kappa shape index (κ3) is 3.98. The Morgan fingerprint density at radius 3 is 2.84 bits per heavy atom. The summed E-state index contributed by atoms with van der Waals surface area (Å²) < 4.78 is 5.17. The summed E-state index contributed by atoms with van der Waals surface area (Å²) in [6, 6.07) is 6.92. The standard InChI is InChI=1S/C14H18N2O3/c1-9(10-5-6-10)16-14(18)11-3-2-4-12(7-11)19-8-13(15)17/h2-4,7,9-10H,5-6,8H2,1H3,(H2,15,17)(H,16,18). The molecular formula is C14H18N2O3. The van der Waals surface area contributed by atoms with E-state index in [4.69, 9.17) is 10.5 Å². The molecule has 0 spiro atoms. The molecule has 3 N–H and O–H groups in total. The van der Waals surface area contributed by atoms with E-state index in [2.05, 4.69) is 5.32 Å². The van der Waals surface area contributed by atoms with Gasteiger partial charge in [0.05, 0.1) is 0 Å². The third-order valence-corrected chi connectivity index (χ3v) is 3.17. The lowest BCUT2D eigenvalue weighted by Gasteiger charge is -2.13. The Hall–Kier alpha value is -2.04. The van der Waals surface area contributed by atoms with Gasteiger partial charge in [-0.25, -0.2) is 0 Å². The van der Waals surface area contributed by atoms with Crippen molar-refractivity contribution in [3.05, 3.63) is 29.8 Å². The fourth-order valence-electron chi connectivity index (χ4n) is 1.89. The molecule has 0 bridgehead atoms. The van der Waals surface area contributed by atoms with Gasteiger partial charge in [-0.2, -0.15) is 0 Å². The maximum atomic E-state index is 12.0. The van der Waals surface area contributed by atoms with E-state index in [1.54, 1.807) is 24.3 Å². The van der Waals surface area contributed by atoms with Crippen LogP contribution < -0.4 is 15.8 Å². The van der Waals surface area contributed by atoms with Crippen LogP contribution in [0.5, 0.6) is 5.75 Å². The van der Waals surface area contributed by atoms with Crippen LogP contribution in [0, 0.1) is 5.92 Å². The molecule has 1 saturated carbocycles. The quantitative estimate of drug-likeness (QED) is 0.804. The molecule has 0 heterocycles. The van der Waals surface area contributed by atoms with Crippen LogP contribution in [0.25, 0.3) is 0 Å². The van der Waals surface area contributed by atoms with Gasteiger partial charge in [0.25, 0.3) is 11.8 Å². The van der Waals surface area contributed by atoms with Crippen LogP contribution in [0.15, 0.2) is 24.3 Å². The summed E-state index contributed by atoms with van der Waals surface area (Å²) in [4.78, 5) is 22.7.